The Bertz CT molecular complexity index is 439. The van der Waals surface area contributed by atoms with E-state index in [0.717, 1.165) is 5.56 Å². The van der Waals surface area contributed by atoms with Gasteiger partial charge in [0.05, 0.1) is 25.8 Å². The number of isocyanates is 1. The molecule has 0 radical (unpaired) electrons. The number of benzene rings is 1. The van der Waals surface area contributed by atoms with Gasteiger partial charge in [-0.2, -0.15) is 0 Å². The summed E-state index contributed by atoms with van der Waals surface area (Å²) in [6.07, 6.45) is 1.47. The molecule has 0 bridgehead atoms. The maximum Gasteiger partial charge on any atom is 0.235 e. The maximum absolute atomic E-state index is 10.1. The van der Waals surface area contributed by atoms with Crippen molar-refractivity contribution >= 4 is 17.7 Å². The van der Waals surface area contributed by atoms with E-state index in [9.17, 15) is 4.79 Å². The quantitative estimate of drug-likeness (QED) is 0.601. The lowest BCUT2D eigenvalue weighted by molar-refractivity contribution is 0.351. The Morgan fingerprint density at radius 3 is 2.62 bits per heavy atom. The van der Waals surface area contributed by atoms with Crippen molar-refractivity contribution in [3.63, 3.8) is 0 Å². The van der Waals surface area contributed by atoms with Crippen molar-refractivity contribution in [3.05, 3.63) is 22.2 Å². The van der Waals surface area contributed by atoms with E-state index in [0.29, 0.717) is 22.1 Å². The molecule has 5 heteroatoms. The van der Waals surface area contributed by atoms with Crippen molar-refractivity contribution in [2.45, 2.75) is 13.5 Å². The number of rotatable bonds is 4. The molecule has 4 nitrogen and oxygen atoms in total. The molecule has 0 saturated heterocycles. The summed E-state index contributed by atoms with van der Waals surface area (Å²) >= 11 is 6.12. The molecular formula is C11H12ClNO3. The van der Waals surface area contributed by atoms with Crippen LogP contribution in [0.4, 0.5) is 0 Å². The van der Waals surface area contributed by atoms with Gasteiger partial charge in [0.2, 0.25) is 6.08 Å². The maximum atomic E-state index is 10.1. The molecule has 0 amide bonds. The van der Waals surface area contributed by atoms with E-state index in [-0.39, 0.29) is 6.54 Å². The number of nitrogens with zero attached hydrogens (tertiary/aromatic N) is 1. The first-order valence-electron chi connectivity index (χ1n) is 4.59. The summed E-state index contributed by atoms with van der Waals surface area (Å²) in [6, 6.07) is 1.77. The van der Waals surface area contributed by atoms with Crippen LogP contribution < -0.4 is 9.47 Å². The average molecular weight is 242 g/mol. The van der Waals surface area contributed by atoms with Crippen LogP contribution in [0.3, 0.4) is 0 Å². The van der Waals surface area contributed by atoms with Crippen LogP contribution in [0, 0.1) is 6.92 Å². The number of halogens is 1. The summed E-state index contributed by atoms with van der Waals surface area (Å²) in [7, 11) is 3.05. The Morgan fingerprint density at radius 1 is 1.44 bits per heavy atom. The second-order valence-electron chi connectivity index (χ2n) is 3.13. The van der Waals surface area contributed by atoms with E-state index in [1.165, 1.54) is 20.3 Å². The van der Waals surface area contributed by atoms with Gasteiger partial charge in [0.25, 0.3) is 0 Å². The normalized spacial score (nSPS) is 9.50. The van der Waals surface area contributed by atoms with E-state index in [1.54, 1.807) is 6.07 Å². The van der Waals surface area contributed by atoms with Crippen molar-refractivity contribution < 1.29 is 14.3 Å². The highest BCUT2D eigenvalue weighted by Crippen LogP contribution is 2.38. The van der Waals surface area contributed by atoms with Gasteiger partial charge in [0, 0.05) is 5.56 Å². The number of methoxy groups -OCH3 is 2. The van der Waals surface area contributed by atoms with Crippen molar-refractivity contribution in [2.75, 3.05) is 14.2 Å². The summed E-state index contributed by atoms with van der Waals surface area (Å²) in [5.41, 5.74) is 1.47. The van der Waals surface area contributed by atoms with Gasteiger partial charge in [-0.05, 0) is 18.6 Å². The Balaban J connectivity index is 3.39. The van der Waals surface area contributed by atoms with Gasteiger partial charge in [-0.15, -0.1) is 0 Å². The van der Waals surface area contributed by atoms with Gasteiger partial charge in [0.1, 0.15) is 0 Å². The van der Waals surface area contributed by atoms with Crippen molar-refractivity contribution in [3.8, 4) is 11.5 Å². The first kappa shape index (κ1) is 12.6. The fourth-order valence-corrected chi connectivity index (χ4v) is 1.64. The first-order chi connectivity index (χ1) is 7.65. The van der Waals surface area contributed by atoms with E-state index in [1.807, 2.05) is 6.92 Å². The first-order valence-corrected chi connectivity index (χ1v) is 4.97. The van der Waals surface area contributed by atoms with Crippen molar-refractivity contribution in [2.24, 2.45) is 4.99 Å². The summed E-state index contributed by atoms with van der Waals surface area (Å²) in [6.45, 7) is 1.97. The lowest BCUT2D eigenvalue weighted by Gasteiger charge is -2.14. The third-order valence-corrected chi connectivity index (χ3v) is 2.71. The molecule has 1 rings (SSSR count). The molecule has 0 unspecified atom stereocenters. The highest BCUT2D eigenvalue weighted by atomic mass is 35.5. The smallest absolute Gasteiger partial charge is 0.235 e. The summed E-state index contributed by atoms with van der Waals surface area (Å²) in [5.74, 6) is 1.07. The zero-order valence-corrected chi connectivity index (χ0v) is 10.1. The molecule has 86 valence electrons. The second-order valence-corrected chi connectivity index (χ2v) is 3.51. The van der Waals surface area contributed by atoms with E-state index in [2.05, 4.69) is 4.99 Å². The molecular weight excluding hydrogens is 230 g/mol. The van der Waals surface area contributed by atoms with E-state index in [4.69, 9.17) is 21.1 Å². The second kappa shape index (κ2) is 5.54. The predicted octanol–water partition coefficient (Wildman–Crippen LogP) is 2.50. The number of hydrogen-bond acceptors (Lipinski definition) is 4. The van der Waals surface area contributed by atoms with Gasteiger partial charge in [0.15, 0.2) is 11.5 Å². The minimum absolute atomic E-state index is 0.129. The van der Waals surface area contributed by atoms with Crippen LogP contribution in [0.2, 0.25) is 5.02 Å². The van der Waals surface area contributed by atoms with Gasteiger partial charge in [-0.3, -0.25) is 0 Å². The number of ether oxygens (including phenoxy) is 2. The van der Waals surface area contributed by atoms with Crippen LogP contribution in [0.15, 0.2) is 11.1 Å². The van der Waals surface area contributed by atoms with Gasteiger partial charge in [-0.25, -0.2) is 9.79 Å². The molecule has 0 aliphatic heterocycles. The van der Waals surface area contributed by atoms with Crippen LogP contribution in [0.5, 0.6) is 11.5 Å². The zero-order chi connectivity index (χ0) is 12.1. The Kier molecular flexibility index (Phi) is 4.35. The van der Waals surface area contributed by atoms with Crippen LogP contribution >= 0.6 is 11.6 Å². The number of aryl methyl sites for hydroxylation is 1. The molecule has 0 aliphatic carbocycles. The largest absolute Gasteiger partial charge is 0.493 e. The molecule has 16 heavy (non-hydrogen) atoms. The van der Waals surface area contributed by atoms with Gasteiger partial charge < -0.3 is 9.47 Å². The molecule has 0 fully saturated rings. The molecule has 0 saturated carbocycles. The van der Waals surface area contributed by atoms with E-state index < -0.39 is 0 Å². The van der Waals surface area contributed by atoms with Crippen LogP contribution in [0.1, 0.15) is 11.1 Å². The molecule has 0 aromatic heterocycles. The molecule has 0 heterocycles. The zero-order valence-electron chi connectivity index (χ0n) is 9.33. The van der Waals surface area contributed by atoms with Crippen molar-refractivity contribution in [1.82, 2.24) is 0 Å². The minimum atomic E-state index is 0.129. The number of hydrogen-bond donors (Lipinski definition) is 0. The molecule has 0 spiro atoms. The molecule has 0 atom stereocenters. The van der Waals surface area contributed by atoms with Gasteiger partial charge >= 0.3 is 0 Å². The highest BCUT2D eigenvalue weighted by Gasteiger charge is 2.16. The third-order valence-electron chi connectivity index (χ3n) is 2.18. The Morgan fingerprint density at radius 2 is 2.12 bits per heavy atom. The van der Waals surface area contributed by atoms with Crippen molar-refractivity contribution in [1.29, 1.82) is 0 Å². The predicted molar refractivity (Wildman–Crippen MR) is 61.1 cm³/mol. The Labute approximate surface area is 98.8 Å². The fourth-order valence-electron chi connectivity index (χ4n) is 1.44. The van der Waals surface area contributed by atoms with Gasteiger partial charge in [-0.1, -0.05) is 11.6 Å². The molecule has 0 N–H and O–H groups in total. The monoisotopic (exact) mass is 241 g/mol. The van der Waals surface area contributed by atoms with Crippen LogP contribution in [-0.4, -0.2) is 20.3 Å². The lowest BCUT2D eigenvalue weighted by Crippen LogP contribution is -1.98. The minimum Gasteiger partial charge on any atom is -0.493 e. The molecule has 0 aliphatic rings. The third kappa shape index (κ3) is 2.35. The summed E-state index contributed by atoms with van der Waals surface area (Å²) in [5, 5.41) is 0.525. The topological polar surface area (TPSA) is 47.9 Å². The Hall–Kier alpha value is -1.51. The van der Waals surface area contributed by atoms with Crippen LogP contribution in [0.25, 0.3) is 0 Å². The highest BCUT2D eigenvalue weighted by molar-refractivity contribution is 6.32. The molecule has 1 aromatic rings. The molecule has 1 aromatic carbocycles. The number of aliphatic imine (C=N–C) groups is 1. The number of carbonyl (C=O) groups excluding carboxylic acids is 1. The fraction of sp³-hybridized carbons (Fsp3) is 0.364. The van der Waals surface area contributed by atoms with Crippen LogP contribution in [-0.2, 0) is 11.3 Å². The lowest BCUT2D eigenvalue weighted by atomic mass is 10.1. The standard InChI is InChI=1S/C11H12ClNO3/c1-7-4-9(15-2)11(16-3)8(10(7)12)5-13-6-14/h4H,5H2,1-3H3. The SMILES string of the molecule is COc1cc(C)c(Cl)c(CN=C=O)c1OC. The summed E-state index contributed by atoms with van der Waals surface area (Å²) in [4.78, 5) is 13.6. The average Bonchev–Trinajstić information content (AvgIpc) is 2.30. The summed E-state index contributed by atoms with van der Waals surface area (Å²) < 4.78 is 10.4. The van der Waals surface area contributed by atoms with E-state index >= 15 is 0 Å².